The number of allylic oxidation sites excluding steroid dienone is 4. The first-order valence-electron chi connectivity index (χ1n) is 5.91. The molecule has 0 aliphatic heterocycles. The molecule has 0 saturated heterocycles. The molecule has 2 nitrogen and oxygen atoms in total. The highest BCUT2D eigenvalue weighted by Gasteiger charge is 2.39. The maximum absolute atomic E-state index is 11.9. The molecule has 16 heavy (non-hydrogen) atoms. The van der Waals surface area contributed by atoms with E-state index >= 15 is 0 Å². The van der Waals surface area contributed by atoms with Crippen LogP contribution in [-0.4, -0.2) is 5.78 Å². The number of hydrogen-bond acceptors (Lipinski definition) is 2. The van der Waals surface area contributed by atoms with Crippen LogP contribution >= 0.6 is 0 Å². The van der Waals surface area contributed by atoms with Gasteiger partial charge >= 0.3 is 0 Å². The zero-order valence-corrected chi connectivity index (χ0v) is 10.1. The number of unbranched alkanes of at least 4 members (excludes halogenated alkanes) is 1. The summed E-state index contributed by atoms with van der Waals surface area (Å²) in [5.74, 6) is 0.230. The average Bonchev–Trinajstić information content (AvgIpc) is 2.28. The Hall–Kier alpha value is -1.36. The van der Waals surface area contributed by atoms with E-state index in [0.29, 0.717) is 6.42 Å². The molecule has 0 radical (unpaired) electrons. The molecule has 86 valence electrons. The van der Waals surface area contributed by atoms with Crippen LogP contribution in [0.3, 0.4) is 0 Å². The van der Waals surface area contributed by atoms with Crippen LogP contribution in [-0.2, 0) is 4.79 Å². The second-order valence-corrected chi connectivity index (χ2v) is 4.41. The van der Waals surface area contributed by atoms with Crippen molar-refractivity contribution in [2.24, 2.45) is 11.3 Å². The third-order valence-corrected chi connectivity index (χ3v) is 3.42. The Kier molecular flexibility index (Phi) is 4.49. The molecule has 0 N–H and O–H groups in total. The minimum atomic E-state index is -0.430. The zero-order valence-electron chi connectivity index (χ0n) is 10.1. The van der Waals surface area contributed by atoms with Gasteiger partial charge in [0.25, 0.3) is 0 Å². The molecule has 0 saturated carbocycles. The van der Waals surface area contributed by atoms with Crippen LogP contribution in [0.5, 0.6) is 0 Å². The van der Waals surface area contributed by atoms with Gasteiger partial charge in [0.2, 0.25) is 0 Å². The minimum absolute atomic E-state index is 0.0477. The van der Waals surface area contributed by atoms with Gasteiger partial charge in [0, 0.05) is 12.3 Å². The summed E-state index contributed by atoms with van der Waals surface area (Å²) in [6.45, 7) is 3.76. The highest BCUT2D eigenvalue weighted by molar-refractivity contribution is 5.85. The van der Waals surface area contributed by atoms with Crippen LogP contribution in [0.4, 0.5) is 0 Å². The molecule has 0 bridgehead atoms. The molecule has 1 rings (SSSR count). The van der Waals surface area contributed by atoms with E-state index in [0.717, 1.165) is 19.3 Å². The SMILES string of the molecule is CCCCC1(C(C)=O)C=CC=CC1CC#N. The Morgan fingerprint density at radius 1 is 1.50 bits per heavy atom. The van der Waals surface area contributed by atoms with E-state index in [9.17, 15) is 4.79 Å². The predicted molar refractivity (Wildman–Crippen MR) is 64.6 cm³/mol. The summed E-state index contributed by atoms with van der Waals surface area (Å²) in [6.07, 6.45) is 11.2. The Morgan fingerprint density at radius 3 is 2.81 bits per heavy atom. The van der Waals surface area contributed by atoms with Crippen molar-refractivity contribution >= 4 is 5.78 Å². The number of ketones is 1. The zero-order chi connectivity index (χ0) is 12.0. The van der Waals surface area contributed by atoms with Crippen LogP contribution < -0.4 is 0 Å². The summed E-state index contributed by atoms with van der Waals surface area (Å²) < 4.78 is 0. The van der Waals surface area contributed by atoms with E-state index in [2.05, 4.69) is 13.0 Å². The van der Waals surface area contributed by atoms with Crippen molar-refractivity contribution in [3.05, 3.63) is 24.3 Å². The van der Waals surface area contributed by atoms with Crippen molar-refractivity contribution in [1.82, 2.24) is 0 Å². The summed E-state index contributed by atoms with van der Waals surface area (Å²) in [4.78, 5) is 11.9. The fraction of sp³-hybridized carbons (Fsp3) is 0.571. The van der Waals surface area contributed by atoms with Gasteiger partial charge in [-0.2, -0.15) is 5.26 Å². The van der Waals surface area contributed by atoms with E-state index in [-0.39, 0.29) is 11.7 Å². The summed E-state index contributed by atoms with van der Waals surface area (Å²) in [6, 6.07) is 2.19. The Morgan fingerprint density at radius 2 is 2.25 bits per heavy atom. The average molecular weight is 217 g/mol. The fourth-order valence-corrected chi connectivity index (χ4v) is 2.36. The number of hydrogen-bond donors (Lipinski definition) is 0. The minimum Gasteiger partial charge on any atom is -0.299 e. The molecule has 2 atom stereocenters. The lowest BCUT2D eigenvalue weighted by atomic mass is 9.66. The predicted octanol–water partition coefficient (Wildman–Crippen LogP) is 3.41. The van der Waals surface area contributed by atoms with Gasteiger partial charge in [-0.3, -0.25) is 4.79 Å². The third kappa shape index (κ3) is 2.41. The molecule has 2 unspecified atom stereocenters. The third-order valence-electron chi connectivity index (χ3n) is 3.42. The van der Waals surface area contributed by atoms with Gasteiger partial charge in [-0.25, -0.2) is 0 Å². The second-order valence-electron chi connectivity index (χ2n) is 4.41. The van der Waals surface area contributed by atoms with E-state index < -0.39 is 5.41 Å². The maximum Gasteiger partial charge on any atom is 0.140 e. The van der Waals surface area contributed by atoms with E-state index in [1.54, 1.807) is 6.92 Å². The van der Waals surface area contributed by atoms with E-state index in [1.165, 1.54) is 0 Å². The number of carbonyl (C=O) groups excluding carboxylic acids is 1. The lowest BCUT2D eigenvalue weighted by Crippen LogP contribution is -2.35. The Bertz CT molecular complexity index is 348. The lowest BCUT2D eigenvalue weighted by molar-refractivity contribution is -0.126. The maximum atomic E-state index is 11.9. The fourth-order valence-electron chi connectivity index (χ4n) is 2.36. The molecular weight excluding hydrogens is 198 g/mol. The molecule has 1 aliphatic carbocycles. The standard InChI is InChI=1S/C14H19NO/c1-3-4-9-14(12(2)16)10-6-5-7-13(14)8-11-15/h5-7,10,13H,3-4,8-9H2,1-2H3. The molecule has 2 heteroatoms. The first-order chi connectivity index (χ1) is 7.67. The topological polar surface area (TPSA) is 40.9 Å². The molecule has 1 aliphatic rings. The van der Waals surface area contributed by atoms with Crippen LogP contribution in [0, 0.1) is 22.7 Å². The number of Topliss-reactive ketones (excluding diaryl/α,β-unsaturated/α-hetero) is 1. The second kappa shape index (κ2) is 5.65. The van der Waals surface area contributed by atoms with Crippen molar-refractivity contribution in [2.75, 3.05) is 0 Å². The quantitative estimate of drug-likeness (QED) is 0.708. The molecule has 0 heterocycles. The highest BCUT2D eigenvalue weighted by Crippen LogP contribution is 2.41. The highest BCUT2D eigenvalue weighted by atomic mass is 16.1. The van der Waals surface area contributed by atoms with Gasteiger partial charge in [-0.05, 0) is 13.3 Å². The Labute approximate surface area is 97.7 Å². The molecule has 0 spiro atoms. The van der Waals surface area contributed by atoms with E-state index in [1.807, 2.05) is 24.3 Å². The van der Waals surface area contributed by atoms with Crippen LogP contribution in [0.1, 0.15) is 39.5 Å². The van der Waals surface area contributed by atoms with Crippen molar-refractivity contribution < 1.29 is 4.79 Å². The van der Waals surface area contributed by atoms with Crippen molar-refractivity contribution in [3.8, 4) is 6.07 Å². The van der Waals surface area contributed by atoms with Gasteiger partial charge in [-0.1, -0.05) is 44.1 Å². The largest absolute Gasteiger partial charge is 0.299 e. The summed E-state index contributed by atoms with van der Waals surface area (Å²) in [7, 11) is 0. The van der Waals surface area contributed by atoms with Crippen LogP contribution in [0.2, 0.25) is 0 Å². The van der Waals surface area contributed by atoms with Gasteiger partial charge in [0.1, 0.15) is 5.78 Å². The molecule has 0 aromatic rings. The van der Waals surface area contributed by atoms with Gasteiger partial charge in [0.05, 0.1) is 11.5 Å². The monoisotopic (exact) mass is 217 g/mol. The van der Waals surface area contributed by atoms with Gasteiger partial charge in [-0.15, -0.1) is 0 Å². The molecule has 0 aromatic carbocycles. The lowest BCUT2D eigenvalue weighted by Gasteiger charge is -2.35. The molecule has 0 fully saturated rings. The van der Waals surface area contributed by atoms with Crippen LogP contribution in [0.15, 0.2) is 24.3 Å². The first kappa shape index (κ1) is 12.7. The van der Waals surface area contributed by atoms with Crippen molar-refractivity contribution in [3.63, 3.8) is 0 Å². The van der Waals surface area contributed by atoms with Crippen LogP contribution in [0.25, 0.3) is 0 Å². The van der Waals surface area contributed by atoms with Crippen molar-refractivity contribution in [1.29, 1.82) is 5.26 Å². The van der Waals surface area contributed by atoms with Gasteiger partial charge < -0.3 is 0 Å². The van der Waals surface area contributed by atoms with Gasteiger partial charge in [0.15, 0.2) is 0 Å². The molecule has 0 amide bonds. The summed E-state index contributed by atoms with van der Waals surface area (Å²) >= 11 is 0. The number of nitrogens with zero attached hydrogens (tertiary/aromatic N) is 1. The van der Waals surface area contributed by atoms with E-state index in [4.69, 9.17) is 5.26 Å². The normalized spacial score (nSPS) is 27.7. The number of rotatable bonds is 5. The first-order valence-corrected chi connectivity index (χ1v) is 5.91. The summed E-state index contributed by atoms with van der Waals surface area (Å²) in [5.41, 5.74) is -0.430. The smallest absolute Gasteiger partial charge is 0.140 e. The molecular formula is C14H19NO. The summed E-state index contributed by atoms with van der Waals surface area (Å²) in [5, 5.41) is 8.84. The number of nitriles is 1. The Balaban J connectivity index is 2.96. The molecule has 0 aromatic heterocycles. The number of carbonyl (C=O) groups is 1. The van der Waals surface area contributed by atoms with Crippen molar-refractivity contribution in [2.45, 2.75) is 39.5 Å².